The van der Waals surface area contributed by atoms with Gasteiger partial charge in [0, 0.05) is 6.54 Å². The van der Waals surface area contributed by atoms with Crippen molar-refractivity contribution in [3.05, 3.63) is 35.4 Å². The fourth-order valence-corrected chi connectivity index (χ4v) is 1.18. The maximum atomic E-state index is 10.5. The van der Waals surface area contributed by atoms with E-state index in [1.807, 2.05) is 31.2 Å². The molecule has 2 N–H and O–H groups in total. The molecule has 76 valence electrons. The van der Waals surface area contributed by atoms with Crippen LogP contribution < -0.4 is 5.32 Å². The van der Waals surface area contributed by atoms with Crippen LogP contribution in [0.3, 0.4) is 0 Å². The first-order valence-electron chi connectivity index (χ1n) is 4.61. The van der Waals surface area contributed by atoms with Crippen LogP contribution in [0.15, 0.2) is 24.3 Å². The zero-order chi connectivity index (χ0) is 10.6. The van der Waals surface area contributed by atoms with E-state index in [0.29, 0.717) is 6.54 Å². The van der Waals surface area contributed by atoms with Gasteiger partial charge >= 0.3 is 5.97 Å². The highest BCUT2D eigenvalue weighted by Gasteiger charge is 2.08. The lowest BCUT2D eigenvalue weighted by Crippen LogP contribution is -2.33. The topological polar surface area (TPSA) is 49.3 Å². The van der Waals surface area contributed by atoms with Crippen LogP contribution in [-0.4, -0.2) is 17.1 Å². The normalized spacial score (nSPS) is 12.4. The van der Waals surface area contributed by atoms with Crippen molar-refractivity contribution in [2.45, 2.75) is 26.4 Å². The van der Waals surface area contributed by atoms with E-state index in [0.717, 1.165) is 5.56 Å². The lowest BCUT2D eigenvalue weighted by molar-refractivity contribution is -0.139. The molecule has 1 atom stereocenters. The molecule has 0 saturated heterocycles. The van der Waals surface area contributed by atoms with Crippen LogP contribution in [0, 0.1) is 6.92 Å². The molecule has 0 saturated carbocycles. The van der Waals surface area contributed by atoms with Crippen molar-refractivity contribution >= 4 is 5.97 Å². The molecule has 0 amide bonds. The Labute approximate surface area is 83.8 Å². The minimum Gasteiger partial charge on any atom is -0.480 e. The molecule has 0 fully saturated rings. The largest absolute Gasteiger partial charge is 0.480 e. The van der Waals surface area contributed by atoms with E-state index in [-0.39, 0.29) is 0 Å². The molecule has 0 unspecified atom stereocenters. The van der Waals surface area contributed by atoms with Gasteiger partial charge in [0.1, 0.15) is 6.04 Å². The standard InChI is InChI=1S/C11H15NO2/c1-8-4-3-5-10(6-8)7-12-9(2)11(13)14/h3-6,9,12H,7H2,1-2H3,(H,13,14)/t9-/m1/s1. The van der Waals surface area contributed by atoms with Crippen molar-refractivity contribution in [2.24, 2.45) is 0 Å². The summed E-state index contributed by atoms with van der Waals surface area (Å²) in [6, 6.07) is 7.51. The van der Waals surface area contributed by atoms with Gasteiger partial charge in [-0.2, -0.15) is 0 Å². The summed E-state index contributed by atoms with van der Waals surface area (Å²) in [6.07, 6.45) is 0. The highest BCUT2D eigenvalue weighted by atomic mass is 16.4. The number of hydrogen-bond acceptors (Lipinski definition) is 2. The van der Waals surface area contributed by atoms with Crippen molar-refractivity contribution in [3.63, 3.8) is 0 Å². The van der Waals surface area contributed by atoms with Crippen LogP contribution in [0.1, 0.15) is 18.1 Å². The maximum absolute atomic E-state index is 10.5. The van der Waals surface area contributed by atoms with Crippen molar-refractivity contribution in [2.75, 3.05) is 0 Å². The Morgan fingerprint density at radius 2 is 2.29 bits per heavy atom. The Bertz CT molecular complexity index is 323. The van der Waals surface area contributed by atoms with E-state index in [1.165, 1.54) is 5.56 Å². The van der Waals surface area contributed by atoms with Gasteiger partial charge < -0.3 is 10.4 Å². The fraction of sp³-hybridized carbons (Fsp3) is 0.364. The van der Waals surface area contributed by atoms with Crippen LogP contribution in [0.25, 0.3) is 0 Å². The van der Waals surface area contributed by atoms with E-state index in [4.69, 9.17) is 5.11 Å². The van der Waals surface area contributed by atoms with Gasteiger partial charge in [-0.1, -0.05) is 29.8 Å². The lowest BCUT2D eigenvalue weighted by Gasteiger charge is -2.09. The van der Waals surface area contributed by atoms with Crippen LogP contribution in [0.5, 0.6) is 0 Å². The molecule has 0 spiro atoms. The summed E-state index contributed by atoms with van der Waals surface area (Å²) < 4.78 is 0. The summed E-state index contributed by atoms with van der Waals surface area (Å²) in [5, 5.41) is 11.6. The average Bonchev–Trinajstić information content (AvgIpc) is 2.14. The molecule has 3 heteroatoms. The molecule has 0 aromatic heterocycles. The number of hydrogen-bond donors (Lipinski definition) is 2. The van der Waals surface area contributed by atoms with Crippen LogP contribution in [-0.2, 0) is 11.3 Å². The minimum absolute atomic E-state index is 0.504. The SMILES string of the molecule is Cc1cccc(CN[C@H](C)C(=O)O)c1. The van der Waals surface area contributed by atoms with Gasteiger partial charge in [0.2, 0.25) is 0 Å². The van der Waals surface area contributed by atoms with Crippen molar-refractivity contribution in [1.29, 1.82) is 0 Å². The second-order valence-corrected chi connectivity index (χ2v) is 3.43. The zero-order valence-corrected chi connectivity index (χ0v) is 8.45. The van der Waals surface area contributed by atoms with Crippen LogP contribution in [0.4, 0.5) is 0 Å². The van der Waals surface area contributed by atoms with Crippen molar-refractivity contribution < 1.29 is 9.90 Å². The molecule has 1 rings (SSSR count). The number of carbonyl (C=O) groups is 1. The van der Waals surface area contributed by atoms with Gasteiger partial charge in [-0.05, 0) is 19.4 Å². The Morgan fingerprint density at radius 1 is 1.57 bits per heavy atom. The Balaban J connectivity index is 2.49. The van der Waals surface area contributed by atoms with E-state index in [1.54, 1.807) is 6.92 Å². The highest BCUT2D eigenvalue weighted by Crippen LogP contribution is 2.03. The first kappa shape index (κ1) is 10.7. The molecular formula is C11H15NO2. The second-order valence-electron chi connectivity index (χ2n) is 3.43. The molecule has 0 aliphatic rings. The van der Waals surface area contributed by atoms with Crippen LogP contribution in [0.2, 0.25) is 0 Å². The number of nitrogens with one attached hydrogen (secondary N) is 1. The van der Waals surface area contributed by atoms with Gasteiger partial charge in [-0.15, -0.1) is 0 Å². The maximum Gasteiger partial charge on any atom is 0.320 e. The van der Waals surface area contributed by atoms with E-state index in [2.05, 4.69) is 5.32 Å². The number of benzene rings is 1. The van der Waals surface area contributed by atoms with E-state index < -0.39 is 12.0 Å². The zero-order valence-electron chi connectivity index (χ0n) is 8.45. The molecule has 0 heterocycles. The number of carboxylic acids is 1. The third-order valence-electron chi connectivity index (χ3n) is 2.07. The molecule has 3 nitrogen and oxygen atoms in total. The lowest BCUT2D eigenvalue weighted by atomic mass is 10.1. The summed E-state index contributed by atoms with van der Waals surface area (Å²) >= 11 is 0. The molecule has 1 aromatic rings. The third-order valence-corrected chi connectivity index (χ3v) is 2.07. The highest BCUT2D eigenvalue weighted by molar-refractivity contribution is 5.72. The van der Waals surface area contributed by atoms with Gasteiger partial charge in [0.25, 0.3) is 0 Å². The van der Waals surface area contributed by atoms with Crippen molar-refractivity contribution in [3.8, 4) is 0 Å². The minimum atomic E-state index is -0.822. The number of aliphatic carboxylic acids is 1. The summed E-state index contributed by atoms with van der Waals surface area (Å²) in [7, 11) is 0. The molecule has 0 radical (unpaired) electrons. The summed E-state index contributed by atoms with van der Waals surface area (Å²) in [5.41, 5.74) is 2.30. The fourth-order valence-electron chi connectivity index (χ4n) is 1.18. The second kappa shape index (κ2) is 4.77. The number of aryl methyl sites for hydroxylation is 1. The molecule has 0 bridgehead atoms. The van der Waals surface area contributed by atoms with Gasteiger partial charge in [0.05, 0.1) is 0 Å². The average molecular weight is 193 g/mol. The molecular weight excluding hydrogens is 178 g/mol. The molecule has 0 aliphatic heterocycles. The summed E-state index contributed by atoms with van der Waals surface area (Å²) in [5.74, 6) is -0.822. The van der Waals surface area contributed by atoms with Gasteiger partial charge in [-0.25, -0.2) is 0 Å². The first-order chi connectivity index (χ1) is 6.59. The Hall–Kier alpha value is -1.35. The predicted octanol–water partition coefficient (Wildman–Crippen LogP) is 1.56. The molecule has 0 aliphatic carbocycles. The van der Waals surface area contributed by atoms with Crippen molar-refractivity contribution in [1.82, 2.24) is 5.32 Å². The smallest absolute Gasteiger partial charge is 0.320 e. The predicted molar refractivity (Wildman–Crippen MR) is 55.1 cm³/mol. The quantitative estimate of drug-likeness (QED) is 0.763. The van der Waals surface area contributed by atoms with Gasteiger partial charge in [-0.3, -0.25) is 4.79 Å². The number of rotatable bonds is 4. The molecule has 14 heavy (non-hydrogen) atoms. The third kappa shape index (κ3) is 3.18. The first-order valence-corrected chi connectivity index (χ1v) is 4.61. The van der Waals surface area contributed by atoms with E-state index in [9.17, 15) is 4.79 Å². The monoisotopic (exact) mass is 193 g/mol. The number of carboxylic acid groups (broad SMARTS) is 1. The summed E-state index contributed by atoms with van der Waals surface area (Å²) in [6.45, 7) is 4.25. The molecule has 1 aromatic carbocycles. The van der Waals surface area contributed by atoms with E-state index >= 15 is 0 Å². The van der Waals surface area contributed by atoms with Gasteiger partial charge in [0.15, 0.2) is 0 Å². The Kier molecular flexibility index (Phi) is 3.65. The summed E-state index contributed by atoms with van der Waals surface area (Å²) in [4.78, 5) is 10.5. The van der Waals surface area contributed by atoms with Crippen LogP contribution >= 0.6 is 0 Å². The Morgan fingerprint density at radius 3 is 2.86 bits per heavy atom.